The van der Waals surface area contributed by atoms with Gasteiger partial charge >= 0.3 is 5.51 Å². The van der Waals surface area contributed by atoms with E-state index in [1.165, 1.54) is 0 Å². The normalized spacial score (nSPS) is 13.8. The molecule has 0 radical (unpaired) electrons. The monoisotopic (exact) mass is 216 g/mol. The molecule has 0 N–H and O–H groups in total. The van der Waals surface area contributed by atoms with E-state index in [4.69, 9.17) is 0 Å². The topological polar surface area (TPSA) is 34.1 Å². The van der Waals surface area contributed by atoms with Crippen molar-refractivity contribution in [1.82, 2.24) is 0 Å². The molecule has 2 nitrogen and oxygen atoms in total. The van der Waals surface area contributed by atoms with Crippen molar-refractivity contribution in [1.29, 1.82) is 0 Å². The molecule has 0 aliphatic rings. The Morgan fingerprint density at radius 3 is 2.23 bits per heavy atom. The van der Waals surface area contributed by atoms with Gasteiger partial charge in [-0.15, -0.1) is 0 Å². The van der Waals surface area contributed by atoms with Gasteiger partial charge in [0, 0.05) is 5.41 Å². The van der Waals surface area contributed by atoms with Gasteiger partial charge in [0.05, 0.1) is 0 Å². The maximum Gasteiger partial charge on any atom is 0.501 e. The van der Waals surface area contributed by atoms with Crippen molar-refractivity contribution in [2.24, 2.45) is 0 Å². The number of rotatable bonds is 4. The second-order valence-corrected chi connectivity index (χ2v) is 4.33. The number of hydrogen-bond donors (Lipinski definition) is 0. The van der Waals surface area contributed by atoms with E-state index >= 15 is 0 Å². The van der Waals surface area contributed by atoms with Crippen molar-refractivity contribution >= 4 is 9.84 Å². The Kier molecular flexibility index (Phi) is 4.46. The van der Waals surface area contributed by atoms with Crippen LogP contribution < -0.4 is 0 Å². The predicted molar refractivity (Wildman–Crippen MR) is 43.6 cm³/mol. The quantitative estimate of drug-likeness (QED) is 0.677. The van der Waals surface area contributed by atoms with Gasteiger partial charge in [0.2, 0.25) is 0 Å². The lowest BCUT2D eigenvalue weighted by atomic mass is 10.2. The predicted octanol–water partition coefficient (Wildman–Crippen LogP) is 2.62. The Balaban J connectivity index is 4.28. The van der Waals surface area contributed by atoms with Gasteiger partial charge in [-0.25, -0.2) is 8.42 Å². The summed E-state index contributed by atoms with van der Waals surface area (Å²) in [6, 6.07) is 0. The highest BCUT2D eigenvalue weighted by atomic mass is 32.2. The van der Waals surface area contributed by atoms with Gasteiger partial charge in [0.25, 0.3) is 9.84 Å². The fraction of sp³-hybridized carbons (Fsp3) is 0.714. The first-order valence-corrected chi connectivity index (χ1v) is 5.34. The standard InChI is InChI=1S/C7H11F3O2S/c1-2-3-4-5-6-13(11,12)7(8,9)10/h5-6H,2-4H2,1H3/b6-5+. The van der Waals surface area contributed by atoms with Crippen molar-refractivity contribution in [3.05, 3.63) is 11.5 Å². The van der Waals surface area contributed by atoms with Crippen LogP contribution in [0.4, 0.5) is 13.2 Å². The summed E-state index contributed by atoms with van der Waals surface area (Å²) >= 11 is 0. The Morgan fingerprint density at radius 2 is 1.85 bits per heavy atom. The van der Waals surface area contributed by atoms with E-state index in [-0.39, 0.29) is 5.41 Å². The molecule has 0 aliphatic carbocycles. The minimum Gasteiger partial charge on any atom is -0.215 e. The van der Waals surface area contributed by atoms with Gasteiger partial charge in [0.1, 0.15) is 0 Å². The number of allylic oxidation sites excluding steroid dienone is 1. The van der Waals surface area contributed by atoms with Crippen LogP contribution in [0.3, 0.4) is 0 Å². The first-order valence-electron chi connectivity index (χ1n) is 3.79. The van der Waals surface area contributed by atoms with E-state index in [1.54, 1.807) is 0 Å². The molecule has 0 unspecified atom stereocenters. The molecule has 13 heavy (non-hydrogen) atoms. The Hall–Kier alpha value is -0.520. The van der Waals surface area contributed by atoms with Crippen LogP contribution in [0.1, 0.15) is 26.2 Å². The SMILES string of the molecule is CCCC/C=C/S(=O)(=O)C(F)(F)F. The summed E-state index contributed by atoms with van der Waals surface area (Å²) in [5.41, 5.74) is -5.17. The lowest BCUT2D eigenvalue weighted by Crippen LogP contribution is -2.20. The maximum atomic E-state index is 11.7. The van der Waals surface area contributed by atoms with Crippen molar-refractivity contribution in [3.63, 3.8) is 0 Å². The molecule has 0 spiro atoms. The Bertz CT molecular complexity index is 264. The molecular formula is C7H11F3O2S. The van der Waals surface area contributed by atoms with Gasteiger partial charge in [-0.2, -0.15) is 13.2 Å². The van der Waals surface area contributed by atoms with E-state index in [1.807, 2.05) is 6.92 Å². The fourth-order valence-electron chi connectivity index (χ4n) is 0.594. The highest BCUT2D eigenvalue weighted by molar-refractivity contribution is 7.95. The van der Waals surface area contributed by atoms with Crippen LogP contribution in [0.25, 0.3) is 0 Å². The summed E-state index contributed by atoms with van der Waals surface area (Å²) in [7, 11) is -5.06. The summed E-state index contributed by atoms with van der Waals surface area (Å²) in [6.45, 7) is 1.87. The molecule has 0 aromatic heterocycles. The lowest BCUT2D eigenvalue weighted by molar-refractivity contribution is -0.0423. The largest absolute Gasteiger partial charge is 0.501 e. The van der Waals surface area contributed by atoms with Crippen molar-refractivity contribution in [3.8, 4) is 0 Å². The summed E-state index contributed by atoms with van der Waals surface area (Å²) in [6.07, 6.45) is 2.89. The van der Waals surface area contributed by atoms with E-state index in [0.717, 1.165) is 12.5 Å². The average molecular weight is 216 g/mol. The second-order valence-electron chi connectivity index (χ2n) is 2.50. The van der Waals surface area contributed by atoms with E-state index < -0.39 is 15.3 Å². The minimum atomic E-state index is -5.17. The highest BCUT2D eigenvalue weighted by Crippen LogP contribution is 2.24. The van der Waals surface area contributed by atoms with Crippen LogP contribution in [0.15, 0.2) is 11.5 Å². The summed E-state index contributed by atoms with van der Waals surface area (Å²) in [5.74, 6) is 0. The molecule has 0 saturated heterocycles. The molecule has 6 heteroatoms. The number of hydrogen-bond acceptors (Lipinski definition) is 2. The van der Waals surface area contributed by atoms with Gasteiger partial charge < -0.3 is 0 Å². The molecule has 0 aromatic carbocycles. The number of alkyl halides is 3. The van der Waals surface area contributed by atoms with Gasteiger partial charge in [-0.05, 0) is 6.42 Å². The van der Waals surface area contributed by atoms with Gasteiger partial charge in [-0.3, -0.25) is 0 Å². The number of halogens is 3. The maximum absolute atomic E-state index is 11.7. The average Bonchev–Trinajstić information content (AvgIpc) is 1.96. The second kappa shape index (κ2) is 4.64. The van der Waals surface area contributed by atoms with Crippen molar-refractivity contribution in [2.75, 3.05) is 0 Å². The molecule has 0 rings (SSSR count). The zero-order chi connectivity index (χ0) is 10.5. The third-order valence-corrected chi connectivity index (χ3v) is 2.52. The summed E-state index contributed by atoms with van der Waals surface area (Å²) < 4.78 is 55.9. The third kappa shape index (κ3) is 4.31. The molecule has 78 valence electrons. The first kappa shape index (κ1) is 12.5. The van der Waals surface area contributed by atoms with E-state index in [2.05, 4.69) is 0 Å². The van der Waals surface area contributed by atoms with Crippen molar-refractivity contribution in [2.45, 2.75) is 31.7 Å². The fourth-order valence-corrected chi connectivity index (χ4v) is 1.14. The van der Waals surface area contributed by atoms with Crippen LogP contribution in [0, 0.1) is 0 Å². The molecule has 0 bridgehead atoms. The molecule has 0 amide bonds. The smallest absolute Gasteiger partial charge is 0.215 e. The molecule has 0 saturated carbocycles. The first-order chi connectivity index (χ1) is 5.81. The molecule has 0 aliphatic heterocycles. The Morgan fingerprint density at radius 1 is 1.31 bits per heavy atom. The highest BCUT2D eigenvalue weighted by Gasteiger charge is 2.43. The molecule has 0 fully saturated rings. The zero-order valence-electron chi connectivity index (χ0n) is 7.13. The van der Waals surface area contributed by atoms with Crippen LogP contribution >= 0.6 is 0 Å². The minimum absolute atomic E-state index is 0.225. The van der Waals surface area contributed by atoms with Crippen molar-refractivity contribution < 1.29 is 21.6 Å². The molecule has 0 aromatic rings. The molecule has 0 heterocycles. The molecule has 0 atom stereocenters. The van der Waals surface area contributed by atoms with Gasteiger partial charge in [0.15, 0.2) is 0 Å². The van der Waals surface area contributed by atoms with Crippen LogP contribution in [0.2, 0.25) is 0 Å². The molecular weight excluding hydrogens is 205 g/mol. The van der Waals surface area contributed by atoms with E-state index in [9.17, 15) is 21.6 Å². The van der Waals surface area contributed by atoms with Crippen LogP contribution in [0.5, 0.6) is 0 Å². The number of unbranched alkanes of at least 4 members (excludes halogenated alkanes) is 2. The van der Waals surface area contributed by atoms with E-state index in [0.29, 0.717) is 12.8 Å². The summed E-state index contributed by atoms with van der Waals surface area (Å²) in [4.78, 5) is 0. The lowest BCUT2D eigenvalue weighted by Gasteiger charge is -2.02. The Labute approximate surface area is 75.4 Å². The number of sulfone groups is 1. The van der Waals surface area contributed by atoms with Crippen LogP contribution in [-0.4, -0.2) is 13.9 Å². The third-order valence-electron chi connectivity index (χ3n) is 1.32. The van der Waals surface area contributed by atoms with Gasteiger partial charge in [-0.1, -0.05) is 25.8 Å². The summed E-state index contributed by atoms with van der Waals surface area (Å²) in [5, 5.41) is 0.225. The zero-order valence-corrected chi connectivity index (χ0v) is 7.95. The van der Waals surface area contributed by atoms with Crippen LogP contribution in [-0.2, 0) is 9.84 Å².